The highest BCUT2D eigenvalue weighted by atomic mass is 14.9. The smallest absolute Gasteiger partial charge is 0.132 e. The highest BCUT2D eigenvalue weighted by Gasteiger charge is 2.18. The summed E-state index contributed by atoms with van der Waals surface area (Å²) in [5, 5.41) is 2.47. The molecular formula is C15H16N2. The predicted molar refractivity (Wildman–Crippen MR) is 72.9 cm³/mol. The van der Waals surface area contributed by atoms with Crippen LogP contribution >= 0.6 is 0 Å². The van der Waals surface area contributed by atoms with Crippen molar-refractivity contribution in [1.82, 2.24) is 0 Å². The van der Waals surface area contributed by atoms with Crippen molar-refractivity contribution in [3.63, 3.8) is 0 Å². The van der Waals surface area contributed by atoms with Crippen LogP contribution < -0.4 is 5.73 Å². The molecule has 1 aliphatic heterocycles. The molecule has 0 fully saturated rings. The minimum Gasteiger partial charge on any atom is -0.383 e. The number of nitrogens with two attached hydrogens (primary N) is 1. The highest BCUT2D eigenvalue weighted by molar-refractivity contribution is 6.19. The molecule has 0 saturated heterocycles. The van der Waals surface area contributed by atoms with E-state index in [1.807, 2.05) is 12.1 Å². The molecule has 0 radical (unpaired) electrons. The topological polar surface area (TPSA) is 38.4 Å². The molecule has 1 heterocycles. The predicted octanol–water partition coefficient (Wildman–Crippen LogP) is 3.53. The minimum atomic E-state index is 0.683. The molecule has 17 heavy (non-hydrogen) atoms. The Bertz CT molecular complexity index is 612. The average molecular weight is 224 g/mol. The van der Waals surface area contributed by atoms with Crippen LogP contribution in [0, 0.1) is 0 Å². The highest BCUT2D eigenvalue weighted by Crippen LogP contribution is 2.36. The molecule has 0 spiro atoms. The van der Waals surface area contributed by atoms with Gasteiger partial charge in [0.25, 0.3) is 0 Å². The summed E-state index contributed by atoms with van der Waals surface area (Å²) in [7, 11) is 0. The summed E-state index contributed by atoms with van der Waals surface area (Å²) < 4.78 is 0. The van der Waals surface area contributed by atoms with E-state index in [0.717, 1.165) is 12.1 Å². The summed E-state index contributed by atoms with van der Waals surface area (Å²) in [6.07, 6.45) is 3.50. The van der Waals surface area contributed by atoms with Gasteiger partial charge in [-0.1, -0.05) is 37.6 Å². The van der Waals surface area contributed by atoms with Crippen LogP contribution in [0.3, 0.4) is 0 Å². The maximum absolute atomic E-state index is 6.06. The summed E-state index contributed by atoms with van der Waals surface area (Å²) in [6, 6.07) is 10.6. The van der Waals surface area contributed by atoms with E-state index in [0.29, 0.717) is 5.84 Å². The Morgan fingerprint density at radius 3 is 2.88 bits per heavy atom. The first-order chi connectivity index (χ1) is 8.31. The third kappa shape index (κ3) is 1.52. The van der Waals surface area contributed by atoms with Crippen molar-refractivity contribution in [2.45, 2.75) is 26.2 Å². The molecule has 2 heteroatoms. The van der Waals surface area contributed by atoms with Crippen molar-refractivity contribution in [3.8, 4) is 0 Å². The molecule has 1 aliphatic rings. The maximum atomic E-state index is 6.06. The lowest BCUT2D eigenvalue weighted by atomic mass is 9.96. The molecule has 3 rings (SSSR count). The molecule has 0 aromatic heterocycles. The molecule has 0 atom stereocenters. The van der Waals surface area contributed by atoms with Crippen LogP contribution in [-0.2, 0) is 6.42 Å². The van der Waals surface area contributed by atoms with E-state index >= 15 is 0 Å². The summed E-state index contributed by atoms with van der Waals surface area (Å²) in [4.78, 5) is 4.46. The van der Waals surface area contributed by atoms with Gasteiger partial charge in [-0.05, 0) is 29.9 Å². The Kier molecular flexibility index (Phi) is 2.36. The Balaban J connectivity index is 2.23. The van der Waals surface area contributed by atoms with Gasteiger partial charge < -0.3 is 5.73 Å². The zero-order chi connectivity index (χ0) is 11.8. The molecule has 86 valence electrons. The van der Waals surface area contributed by atoms with Crippen LogP contribution in [0.2, 0.25) is 0 Å². The number of amidine groups is 1. The lowest BCUT2D eigenvalue weighted by Gasteiger charge is -2.08. The monoisotopic (exact) mass is 224 g/mol. The summed E-state index contributed by atoms with van der Waals surface area (Å²) in [5.74, 6) is 0.683. The Morgan fingerprint density at radius 2 is 2.06 bits per heavy atom. The van der Waals surface area contributed by atoms with E-state index in [1.165, 1.54) is 34.7 Å². The van der Waals surface area contributed by atoms with Crippen LogP contribution in [0.5, 0.6) is 0 Å². The molecule has 2 nitrogen and oxygen atoms in total. The van der Waals surface area contributed by atoms with Gasteiger partial charge in [0, 0.05) is 10.9 Å². The summed E-state index contributed by atoms with van der Waals surface area (Å²) in [6.45, 7) is 2.21. The number of unbranched alkanes of at least 4 members (excludes halogenated alkanes) is 1. The fourth-order valence-corrected chi connectivity index (χ4v) is 2.55. The van der Waals surface area contributed by atoms with Crippen LogP contribution in [-0.4, -0.2) is 5.84 Å². The van der Waals surface area contributed by atoms with Gasteiger partial charge in [0.1, 0.15) is 5.84 Å². The second-order valence-corrected chi connectivity index (χ2v) is 4.58. The molecule has 0 bridgehead atoms. The van der Waals surface area contributed by atoms with Crippen LogP contribution in [0.25, 0.3) is 10.8 Å². The van der Waals surface area contributed by atoms with Gasteiger partial charge in [-0.3, -0.25) is 0 Å². The number of rotatable bonds is 3. The quantitative estimate of drug-likeness (QED) is 0.851. The average Bonchev–Trinajstić information content (AvgIpc) is 2.68. The SMILES string of the molecule is CCCCc1ccc2cccc3c2c1C(N)=N3. The molecule has 2 aromatic rings. The fraction of sp³-hybridized carbons (Fsp3) is 0.267. The van der Waals surface area contributed by atoms with Crippen molar-refractivity contribution < 1.29 is 0 Å². The van der Waals surface area contributed by atoms with E-state index in [-0.39, 0.29) is 0 Å². The van der Waals surface area contributed by atoms with E-state index in [1.54, 1.807) is 0 Å². The van der Waals surface area contributed by atoms with Crippen LogP contribution in [0.4, 0.5) is 5.69 Å². The van der Waals surface area contributed by atoms with E-state index in [4.69, 9.17) is 5.73 Å². The number of hydrogen-bond acceptors (Lipinski definition) is 2. The van der Waals surface area contributed by atoms with Gasteiger partial charge in [0.05, 0.1) is 5.69 Å². The number of hydrogen-bond donors (Lipinski definition) is 1. The molecule has 0 saturated carbocycles. The second-order valence-electron chi connectivity index (χ2n) is 4.58. The third-order valence-corrected chi connectivity index (χ3v) is 3.41. The molecule has 2 N–H and O–H groups in total. The Hall–Kier alpha value is -1.83. The second kappa shape index (κ2) is 3.88. The Morgan fingerprint density at radius 1 is 1.18 bits per heavy atom. The number of aliphatic imine (C=N–C) groups is 1. The lowest BCUT2D eigenvalue weighted by Crippen LogP contribution is -2.13. The lowest BCUT2D eigenvalue weighted by molar-refractivity contribution is 0.795. The van der Waals surface area contributed by atoms with Crippen LogP contribution in [0.1, 0.15) is 30.9 Å². The molecule has 0 aliphatic carbocycles. The van der Waals surface area contributed by atoms with E-state index < -0.39 is 0 Å². The van der Waals surface area contributed by atoms with Gasteiger partial charge in [-0.2, -0.15) is 0 Å². The van der Waals surface area contributed by atoms with Crippen molar-refractivity contribution in [1.29, 1.82) is 0 Å². The first-order valence-corrected chi connectivity index (χ1v) is 6.20. The standard InChI is InChI=1S/C15H16N2/c1-2-3-5-11-9-8-10-6-4-7-12-13(10)14(11)15(16)17-12/h4,6-9H,2-3,5H2,1H3,(H2,16,17). The van der Waals surface area contributed by atoms with Crippen molar-refractivity contribution in [3.05, 3.63) is 41.5 Å². The van der Waals surface area contributed by atoms with Crippen LogP contribution in [0.15, 0.2) is 35.3 Å². The number of benzene rings is 2. The van der Waals surface area contributed by atoms with E-state index in [2.05, 4.69) is 30.1 Å². The van der Waals surface area contributed by atoms with Crippen molar-refractivity contribution in [2.75, 3.05) is 0 Å². The van der Waals surface area contributed by atoms with Gasteiger partial charge in [-0.25, -0.2) is 4.99 Å². The number of nitrogens with zero attached hydrogens (tertiary/aromatic N) is 1. The third-order valence-electron chi connectivity index (χ3n) is 3.41. The zero-order valence-corrected chi connectivity index (χ0v) is 10.0. The molecule has 2 aromatic carbocycles. The van der Waals surface area contributed by atoms with E-state index in [9.17, 15) is 0 Å². The van der Waals surface area contributed by atoms with Crippen molar-refractivity contribution in [2.24, 2.45) is 10.7 Å². The fourth-order valence-electron chi connectivity index (χ4n) is 2.55. The molecule has 0 unspecified atom stereocenters. The zero-order valence-electron chi connectivity index (χ0n) is 10.0. The van der Waals surface area contributed by atoms with Gasteiger partial charge in [0.15, 0.2) is 0 Å². The van der Waals surface area contributed by atoms with Gasteiger partial charge >= 0.3 is 0 Å². The normalized spacial score (nSPS) is 13.1. The first kappa shape index (κ1) is 10.3. The van der Waals surface area contributed by atoms with Gasteiger partial charge in [-0.15, -0.1) is 0 Å². The maximum Gasteiger partial charge on any atom is 0.132 e. The minimum absolute atomic E-state index is 0.683. The molecule has 0 amide bonds. The largest absolute Gasteiger partial charge is 0.383 e. The Labute approximate surface area is 101 Å². The molecular weight excluding hydrogens is 208 g/mol. The summed E-state index contributed by atoms with van der Waals surface area (Å²) in [5.41, 5.74) is 9.60. The van der Waals surface area contributed by atoms with Crippen molar-refractivity contribution >= 4 is 22.3 Å². The summed E-state index contributed by atoms with van der Waals surface area (Å²) >= 11 is 0. The first-order valence-electron chi connectivity index (χ1n) is 6.20. The van der Waals surface area contributed by atoms with Gasteiger partial charge in [0.2, 0.25) is 0 Å². The number of aryl methyl sites for hydroxylation is 1.